The van der Waals surface area contributed by atoms with Gasteiger partial charge in [0.05, 0.1) is 5.56 Å². The predicted molar refractivity (Wildman–Crippen MR) is 101 cm³/mol. The number of nitrogens with one attached hydrogen (secondary N) is 1. The first kappa shape index (κ1) is 17.5. The topological polar surface area (TPSA) is 72.5 Å². The Kier molecular flexibility index (Phi) is 4.75. The van der Waals surface area contributed by atoms with Gasteiger partial charge in [0.25, 0.3) is 0 Å². The van der Waals surface area contributed by atoms with Gasteiger partial charge in [-0.05, 0) is 79.1 Å². The highest BCUT2D eigenvalue weighted by Crippen LogP contribution is 2.24. The molecule has 2 aliphatic rings. The van der Waals surface area contributed by atoms with Crippen molar-refractivity contribution in [3.63, 3.8) is 0 Å². The largest absolute Gasteiger partial charge is 0.454 e. The molecule has 1 aliphatic carbocycles. The molecule has 0 spiro atoms. The van der Waals surface area contributed by atoms with E-state index in [0.29, 0.717) is 24.0 Å². The van der Waals surface area contributed by atoms with Gasteiger partial charge in [0.1, 0.15) is 0 Å². The first-order valence-corrected chi connectivity index (χ1v) is 9.35. The fraction of sp³-hybridized carbons (Fsp3) is 0.318. The average Bonchev–Trinajstić information content (AvgIpc) is 2.71. The summed E-state index contributed by atoms with van der Waals surface area (Å²) in [6.07, 6.45) is 5.40. The third kappa shape index (κ3) is 3.77. The summed E-state index contributed by atoms with van der Waals surface area (Å²) in [6.45, 7) is -0.291. The lowest BCUT2D eigenvalue weighted by Gasteiger charge is -2.17. The second-order valence-electron chi connectivity index (χ2n) is 7.11. The van der Waals surface area contributed by atoms with Crippen molar-refractivity contribution in [2.45, 2.75) is 38.5 Å². The molecule has 0 bridgehead atoms. The van der Waals surface area contributed by atoms with E-state index in [1.54, 1.807) is 24.3 Å². The van der Waals surface area contributed by atoms with Crippen molar-refractivity contribution in [2.75, 3.05) is 11.9 Å². The Morgan fingerprint density at radius 1 is 0.852 bits per heavy atom. The lowest BCUT2D eigenvalue weighted by atomic mass is 9.90. The molecule has 1 N–H and O–H groups in total. The zero-order valence-corrected chi connectivity index (χ0v) is 15.0. The number of ether oxygens (including phenoxy) is 1. The molecule has 1 amide bonds. The summed E-state index contributed by atoms with van der Waals surface area (Å²) in [5.74, 6) is -0.733. The molecule has 5 heteroatoms. The summed E-state index contributed by atoms with van der Waals surface area (Å²) in [5, 5.41) is 2.79. The van der Waals surface area contributed by atoms with Crippen LogP contribution >= 0.6 is 0 Å². The Balaban J connectivity index is 1.40. The van der Waals surface area contributed by atoms with E-state index in [1.165, 1.54) is 17.5 Å². The number of esters is 1. The van der Waals surface area contributed by atoms with Gasteiger partial charge in [-0.25, -0.2) is 4.79 Å². The maximum atomic E-state index is 12.4. The van der Waals surface area contributed by atoms with Crippen LogP contribution in [-0.2, 0) is 28.8 Å². The molecule has 0 fully saturated rings. The van der Waals surface area contributed by atoms with Gasteiger partial charge in [0, 0.05) is 17.7 Å². The van der Waals surface area contributed by atoms with E-state index < -0.39 is 5.97 Å². The molecule has 27 heavy (non-hydrogen) atoms. The molecule has 1 aliphatic heterocycles. The van der Waals surface area contributed by atoms with Crippen molar-refractivity contribution >= 4 is 23.3 Å². The Bertz CT molecular complexity index is 932. The summed E-state index contributed by atoms with van der Waals surface area (Å²) >= 11 is 0. The van der Waals surface area contributed by atoms with Crippen molar-refractivity contribution in [1.29, 1.82) is 0 Å². The molecule has 0 saturated heterocycles. The highest BCUT2D eigenvalue weighted by atomic mass is 16.5. The lowest BCUT2D eigenvalue weighted by molar-refractivity contribution is -0.116. The van der Waals surface area contributed by atoms with Crippen LogP contribution in [0, 0.1) is 0 Å². The van der Waals surface area contributed by atoms with Crippen LogP contribution in [0.15, 0.2) is 36.4 Å². The summed E-state index contributed by atoms with van der Waals surface area (Å²) in [6, 6.07) is 10.8. The van der Waals surface area contributed by atoms with Gasteiger partial charge in [0.15, 0.2) is 12.4 Å². The number of carbonyl (C=O) groups is 3. The second kappa shape index (κ2) is 7.35. The second-order valence-corrected chi connectivity index (χ2v) is 7.11. The fourth-order valence-corrected chi connectivity index (χ4v) is 3.72. The van der Waals surface area contributed by atoms with Gasteiger partial charge in [-0.2, -0.15) is 0 Å². The molecule has 0 unspecified atom stereocenters. The van der Waals surface area contributed by atoms with Gasteiger partial charge in [-0.15, -0.1) is 0 Å². The Morgan fingerprint density at radius 2 is 1.59 bits per heavy atom. The third-order valence-electron chi connectivity index (χ3n) is 5.24. The molecule has 0 atom stereocenters. The minimum Gasteiger partial charge on any atom is -0.454 e. The highest BCUT2D eigenvalue weighted by Gasteiger charge is 2.18. The van der Waals surface area contributed by atoms with Gasteiger partial charge in [-0.1, -0.05) is 6.07 Å². The maximum Gasteiger partial charge on any atom is 0.338 e. The third-order valence-corrected chi connectivity index (χ3v) is 5.24. The number of amides is 1. The van der Waals surface area contributed by atoms with Gasteiger partial charge in [0.2, 0.25) is 5.91 Å². The number of ketones is 1. The minimum absolute atomic E-state index is 0.0134. The smallest absolute Gasteiger partial charge is 0.338 e. The first-order valence-electron chi connectivity index (χ1n) is 9.35. The van der Waals surface area contributed by atoms with Crippen molar-refractivity contribution < 1.29 is 19.1 Å². The van der Waals surface area contributed by atoms with E-state index in [0.717, 1.165) is 30.5 Å². The number of rotatable bonds is 4. The maximum absolute atomic E-state index is 12.4. The van der Waals surface area contributed by atoms with E-state index in [9.17, 15) is 14.4 Å². The van der Waals surface area contributed by atoms with E-state index in [4.69, 9.17) is 4.74 Å². The van der Waals surface area contributed by atoms with Crippen LogP contribution in [0.3, 0.4) is 0 Å². The molecule has 2 aromatic carbocycles. The summed E-state index contributed by atoms with van der Waals surface area (Å²) in [5.41, 5.74) is 5.17. The van der Waals surface area contributed by atoms with Crippen molar-refractivity contribution in [2.24, 2.45) is 0 Å². The molecule has 138 valence electrons. The van der Waals surface area contributed by atoms with Gasteiger partial charge < -0.3 is 10.1 Å². The number of hydrogen-bond donors (Lipinski definition) is 1. The minimum atomic E-state index is -0.470. The highest BCUT2D eigenvalue weighted by molar-refractivity contribution is 6.01. The van der Waals surface area contributed by atoms with Crippen LogP contribution in [0.5, 0.6) is 0 Å². The van der Waals surface area contributed by atoms with Crippen LogP contribution in [0.25, 0.3) is 0 Å². The number of hydrogen-bond acceptors (Lipinski definition) is 4. The van der Waals surface area contributed by atoms with Crippen LogP contribution in [0.1, 0.15) is 56.7 Å². The van der Waals surface area contributed by atoms with E-state index >= 15 is 0 Å². The Labute approximate surface area is 157 Å². The molecule has 1 heterocycles. The Hall–Kier alpha value is -2.95. The van der Waals surface area contributed by atoms with E-state index in [2.05, 4.69) is 5.32 Å². The van der Waals surface area contributed by atoms with Gasteiger partial charge in [-0.3, -0.25) is 9.59 Å². The molecular weight excluding hydrogens is 342 g/mol. The predicted octanol–water partition coefficient (Wildman–Crippen LogP) is 3.49. The molecule has 5 nitrogen and oxygen atoms in total. The van der Waals surface area contributed by atoms with Crippen LogP contribution in [-0.4, -0.2) is 24.3 Å². The molecule has 0 saturated carbocycles. The molecule has 0 radical (unpaired) electrons. The SMILES string of the molecule is O=C1CCc2cc(C(=O)COC(=O)c3ccc4c(c3)CCCC4)ccc2N1. The number of carbonyl (C=O) groups excluding carboxylic acids is 3. The quantitative estimate of drug-likeness (QED) is 0.667. The number of aryl methyl sites for hydroxylation is 3. The lowest BCUT2D eigenvalue weighted by Crippen LogP contribution is -2.20. The number of fused-ring (bicyclic) bond motifs is 2. The normalized spacial score (nSPS) is 15.3. The summed E-state index contributed by atoms with van der Waals surface area (Å²) in [7, 11) is 0. The van der Waals surface area contributed by atoms with Crippen LogP contribution in [0.4, 0.5) is 5.69 Å². The van der Waals surface area contributed by atoms with Crippen LogP contribution in [0.2, 0.25) is 0 Å². The molecule has 2 aromatic rings. The number of benzene rings is 2. The average molecular weight is 363 g/mol. The zero-order valence-electron chi connectivity index (χ0n) is 15.0. The van der Waals surface area contributed by atoms with Crippen molar-refractivity contribution in [3.8, 4) is 0 Å². The summed E-state index contributed by atoms with van der Waals surface area (Å²) < 4.78 is 5.24. The van der Waals surface area contributed by atoms with Crippen molar-refractivity contribution in [1.82, 2.24) is 0 Å². The zero-order chi connectivity index (χ0) is 18.8. The van der Waals surface area contributed by atoms with Crippen LogP contribution < -0.4 is 5.32 Å². The van der Waals surface area contributed by atoms with E-state index in [1.807, 2.05) is 12.1 Å². The molecule has 4 rings (SSSR count). The van der Waals surface area contributed by atoms with Crippen molar-refractivity contribution in [3.05, 3.63) is 64.2 Å². The number of anilines is 1. The fourth-order valence-electron chi connectivity index (χ4n) is 3.72. The Morgan fingerprint density at radius 3 is 2.44 bits per heavy atom. The molecular formula is C22H21NO4. The first-order chi connectivity index (χ1) is 13.1. The van der Waals surface area contributed by atoms with E-state index in [-0.39, 0.29) is 18.3 Å². The van der Waals surface area contributed by atoms with Gasteiger partial charge >= 0.3 is 5.97 Å². The standard InChI is InChI=1S/C22H21NO4/c24-20(17-7-9-19-16(12-17)8-10-21(25)23-19)13-27-22(26)18-6-5-14-3-1-2-4-15(14)11-18/h5-7,9,11-12H,1-4,8,10,13H2,(H,23,25). The monoisotopic (exact) mass is 363 g/mol. The summed E-state index contributed by atoms with van der Waals surface area (Å²) in [4.78, 5) is 36.1. The number of Topliss-reactive ketones (excluding diaryl/α,β-unsaturated/α-hetero) is 1. The molecule has 0 aromatic heterocycles.